The third-order valence-corrected chi connectivity index (χ3v) is 15.4. The normalized spacial score (nSPS) is 10.8. The quantitative estimate of drug-likeness (QED) is 0.0931. The number of sulfone groups is 2. The Hall–Kier alpha value is -7.40. The van der Waals surface area contributed by atoms with E-state index in [1.165, 1.54) is 11.1 Å². The van der Waals surface area contributed by atoms with Crippen molar-refractivity contribution in [3.63, 3.8) is 0 Å². The molecule has 378 valence electrons. The summed E-state index contributed by atoms with van der Waals surface area (Å²) in [7, 11) is -3.56. The summed E-state index contributed by atoms with van der Waals surface area (Å²) in [6.45, 7) is 12.1. The van der Waals surface area contributed by atoms with E-state index in [1.54, 1.807) is 111 Å². The van der Waals surface area contributed by atoms with E-state index >= 15 is 0 Å². The van der Waals surface area contributed by atoms with Gasteiger partial charge >= 0.3 is 0 Å². The van der Waals surface area contributed by atoms with Crippen LogP contribution in [0, 0.1) is 27.7 Å². The first-order valence-corrected chi connectivity index (χ1v) is 27.3. The monoisotopic (exact) mass is 1010 g/mol. The van der Waals surface area contributed by atoms with Gasteiger partial charge in [0, 0.05) is 22.3 Å². The van der Waals surface area contributed by atoms with Crippen molar-refractivity contribution in [2.24, 2.45) is 0 Å². The molecule has 73 heavy (non-hydrogen) atoms. The fourth-order valence-electron chi connectivity index (χ4n) is 7.28. The van der Waals surface area contributed by atoms with Crippen LogP contribution in [0.15, 0.2) is 214 Å². The number of methoxy groups -OCH3 is 2. The molecule has 10 heteroatoms. The number of ketones is 2. The average Bonchev–Trinajstić information content (AvgIpc) is 3.41. The fourth-order valence-corrected chi connectivity index (χ4v) is 9.80. The summed E-state index contributed by atoms with van der Waals surface area (Å²) in [6.07, 6.45) is 5.31. The highest BCUT2D eigenvalue weighted by Crippen LogP contribution is 2.24. The number of hydrogen-bond donors (Lipinski definition) is 0. The molecule has 0 atom stereocenters. The van der Waals surface area contributed by atoms with E-state index in [1.807, 2.05) is 125 Å². The van der Waals surface area contributed by atoms with Crippen LogP contribution in [-0.2, 0) is 32.5 Å². The van der Waals surface area contributed by atoms with E-state index in [0.29, 0.717) is 41.8 Å². The average molecular weight is 1020 g/mol. The molecule has 8 nitrogen and oxygen atoms in total. The molecule has 0 aliphatic carbocycles. The Morgan fingerprint density at radius 1 is 0.342 bits per heavy atom. The Balaban J connectivity index is 0.000000181. The lowest BCUT2D eigenvalue weighted by molar-refractivity contribution is 0.103. The molecule has 0 bridgehead atoms. The maximum absolute atomic E-state index is 12.5. The lowest BCUT2D eigenvalue weighted by Crippen LogP contribution is -2.02. The van der Waals surface area contributed by atoms with Crippen LogP contribution in [0.5, 0.6) is 11.5 Å². The van der Waals surface area contributed by atoms with Crippen LogP contribution in [-0.4, -0.2) is 42.6 Å². The van der Waals surface area contributed by atoms with Crippen LogP contribution >= 0.6 is 0 Å². The minimum Gasteiger partial charge on any atom is -0.497 e. The van der Waals surface area contributed by atoms with Crippen molar-refractivity contribution in [2.45, 2.75) is 93.2 Å². The van der Waals surface area contributed by atoms with Crippen molar-refractivity contribution in [3.05, 3.63) is 250 Å². The van der Waals surface area contributed by atoms with Crippen molar-refractivity contribution in [1.82, 2.24) is 0 Å². The van der Waals surface area contributed by atoms with E-state index in [2.05, 4.69) is 13.8 Å². The highest BCUT2D eigenvalue weighted by atomic mass is 32.2. The summed E-state index contributed by atoms with van der Waals surface area (Å²) < 4.78 is 59.9. The summed E-state index contributed by atoms with van der Waals surface area (Å²) in [5, 5.41) is 0. The van der Waals surface area contributed by atoms with Gasteiger partial charge < -0.3 is 9.47 Å². The van der Waals surface area contributed by atoms with Gasteiger partial charge in [-0.05, 0) is 155 Å². The van der Waals surface area contributed by atoms with Crippen LogP contribution in [0.3, 0.4) is 0 Å². The minimum atomic E-state index is -3.39. The molecule has 0 radical (unpaired) electrons. The molecule has 8 rings (SSSR count). The highest BCUT2D eigenvalue weighted by Gasteiger charge is 2.18. The zero-order valence-electron chi connectivity index (χ0n) is 43.1. The number of benzene rings is 8. The first-order chi connectivity index (χ1) is 35.0. The first kappa shape index (κ1) is 56.5. The van der Waals surface area contributed by atoms with Crippen LogP contribution in [0.1, 0.15) is 98.3 Å². The predicted molar refractivity (Wildman–Crippen MR) is 294 cm³/mol. The van der Waals surface area contributed by atoms with Gasteiger partial charge in [0.15, 0.2) is 11.6 Å². The molecule has 0 saturated heterocycles. The van der Waals surface area contributed by atoms with Crippen molar-refractivity contribution in [3.8, 4) is 11.5 Å². The molecule has 0 N–H and O–H groups in total. The van der Waals surface area contributed by atoms with Gasteiger partial charge in [-0.25, -0.2) is 16.8 Å². The molecule has 0 fully saturated rings. The number of hydrogen-bond acceptors (Lipinski definition) is 8. The van der Waals surface area contributed by atoms with Crippen LogP contribution < -0.4 is 9.47 Å². The van der Waals surface area contributed by atoms with Crippen molar-refractivity contribution >= 4 is 31.2 Å². The lowest BCUT2D eigenvalue weighted by atomic mass is 10.0. The minimum absolute atomic E-state index is 0.0349. The third-order valence-electron chi connectivity index (χ3n) is 11.8. The van der Waals surface area contributed by atoms with Gasteiger partial charge in [-0.2, -0.15) is 0 Å². The third kappa shape index (κ3) is 16.6. The van der Waals surface area contributed by atoms with Crippen molar-refractivity contribution < 1.29 is 35.9 Å². The van der Waals surface area contributed by atoms with E-state index in [4.69, 9.17) is 9.47 Å². The number of carbonyl (C=O) groups excluding carboxylic acids is 2. The Bertz CT molecular complexity index is 3100. The zero-order valence-corrected chi connectivity index (χ0v) is 44.7. The van der Waals surface area contributed by atoms with Crippen molar-refractivity contribution in [1.29, 1.82) is 0 Å². The maximum atomic E-state index is 12.5. The maximum Gasteiger partial charge on any atom is 0.206 e. The molecule has 0 aliphatic heterocycles. The SMILES string of the molecule is CCCCc1ccc(S(=O)(=O)c2ccc(C)cc2)cc1.CCCc1ccc(S(=O)(=O)c2ccc(C)cc2)cc1.COc1ccc(C(=O)c2ccc(C)cc2)cc1.COc1ccc(C(=O)c2ccc(C)cc2)cc1. The summed E-state index contributed by atoms with van der Waals surface area (Å²) >= 11 is 0. The van der Waals surface area contributed by atoms with Gasteiger partial charge in [0.25, 0.3) is 0 Å². The molecule has 0 spiro atoms. The van der Waals surface area contributed by atoms with Crippen LogP contribution in [0.2, 0.25) is 0 Å². The van der Waals surface area contributed by atoms with E-state index < -0.39 is 19.7 Å². The van der Waals surface area contributed by atoms with E-state index in [9.17, 15) is 26.4 Å². The molecule has 8 aromatic carbocycles. The molecular formula is C63H66O8S2. The molecule has 8 aromatic rings. The largest absolute Gasteiger partial charge is 0.497 e. The Kier molecular flexibility index (Phi) is 21.2. The Morgan fingerprint density at radius 3 is 0.849 bits per heavy atom. The van der Waals surface area contributed by atoms with Crippen LogP contribution in [0.4, 0.5) is 0 Å². The number of carbonyl (C=O) groups is 2. The summed E-state index contributed by atoms with van der Waals surface area (Å²) in [5.74, 6) is 1.58. The van der Waals surface area contributed by atoms with Crippen molar-refractivity contribution in [2.75, 3.05) is 14.2 Å². The second-order valence-electron chi connectivity index (χ2n) is 17.6. The molecule has 0 unspecified atom stereocenters. The van der Waals surface area contributed by atoms with E-state index in [-0.39, 0.29) is 11.6 Å². The molecule has 0 heterocycles. The smallest absolute Gasteiger partial charge is 0.206 e. The highest BCUT2D eigenvalue weighted by molar-refractivity contribution is 7.91. The van der Waals surface area contributed by atoms with Gasteiger partial charge in [-0.15, -0.1) is 0 Å². The second-order valence-corrected chi connectivity index (χ2v) is 21.5. The predicted octanol–water partition coefficient (Wildman–Crippen LogP) is 14.4. The van der Waals surface area contributed by atoms with Gasteiger partial charge in [-0.3, -0.25) is 9.59 Å². The number of unbranched alkanes of at least 4 members (excludes halogenated alkanes) is 1. The second kappa shape index (κ2) is 27.4. The molecule has 0 amide bonds. The summed E-state index contributed by atoms with van der Waals surface area (Å²) in [6, 6.07) is 57.8. The zero-order chi connectivity index (χ0) is 53.0. The summed E-state index contributed by atoms with van der Waals surface area (Å²) in [4.78, 5) is 25.7. The first-order valence-electron chi connectivity index (χ1n) is 24.3. The van der Waals surface area contributed by atoms with Gasteiger partial charge in [0.1, 0.15) is 11.5 Å². The molecular weight excluding hydrogens is 949 g/mol. The van der Waals surface area contributed by atoms with Crippen LogP contribution in [0.25, 0.3) is 0 Å². The Labute approximate surface area is 433 Å². The molecule has 0 aromatic heterocycles. The molecule has 0 saturated carbocycles. The molecule has 0 aliphatic rings. The topological polar surface area (TPSA) is 121 Å². The van der Waals surface area contributed by atoms with Gasteiger partial charge in [0.2, 0.25) is 19.7 Å². The van der Waals surface area contributed by atoms with Gasteiger partial charge in [0.05, 0.1) is 33.8 Å². The Morgan fingerprint density at radius 2 is 0.589 bits per heavy atom. The fraction of sp³-hybridized carbons (Fsp3) is 0.206. The lowest BCUT2D eigenvalue weighted by Gasteiger charge is -2.06. The number of rotatable bonds is 15. The van der Waals surface area contributed by atoms with E-state index in [0.717, 1.165) is 65.9 Å². The standard InChI is InChI=1S/C17H20O2S.C16H18O2S.2C15H14O2/c1-3-4-5-15-8-12-17(13-9-15)20(18,19)16-10-6-14(2)7-11-16;1-3-4-14-7-11-16(12-8-14)19(17,18)15-9-5-13(2)6-10-15;2*1-11-3-5-12(6-4-11)15(16)13-7-9-14(17-2)10-8-13/h6-13H,3-5H2,1-2H3;5-12H,3-4H2,1-2H3;2*3-10H,1-2H3. The summed E-state index contributed by atoms with van der Waals surface area (Å²) in [5.41, 5.74) is 9.54. The number of ether oxygens (including phenoxy) is 2. The van der Waals surface area contributed by atoms with Gasteiger partial charge in [-0.1, -0.05) is 146 Å². The number of aryl methyl sites for hydroxylation is 6.